The van der Waals surface area contributed by atoms with Gasteiger partial charge in [0.25, 0.3) is 0 Å². The summed E-state index contributed by atoms with van der Waals surface area (Å²) < 4.78 is 20.5. The molecular formula is C12H18O5. The van der Waals surface area contributed by atoms with Gasteiger partial charge in [-0.1, -0.05) is 0 Å². The summed E-state index contributed by atoms with van der Waals surface area (Å²) in [7, 11) is 1.61. The molecule has 1 aromatic rings. The maximum Gasteiger partial charge on any atom is 0.147 e. The fourth-order valence-electron chi connectivity index (χ4n) is 1.29. The minimum Gasteiger partial charge on any atom is -0.469 e. The van der Waals surface area contributed by atoms with Crippen molar-refractivity contribution in [2.75, 3.05) is 27.1 Å². The normalized spacial score (nSPS) is 10.7. The number of methoxy groups -OCH3 is 1. The minimum absolute atomic E-state index is 0.0672. The monoisotopic (exact) mass is 242 g/mol. The Morgan fingerprint density at radius 1 is 1.35 bits per heavy atom. The molecule has 0 saturated heterocycles. The highest BCUT2D eigenvalue weighted by atomic mass is 16.7. The lowest BCUT2D eigenvalue weighted by Crippen LogP contribution is -2.06. The van der Waals surface area contributed by atoms with Crippen molar-refractivity contribution < 1.29 is 23.4 Å². The Bertz CT molecular complexity index is 331. The molecule has 0 amide bonds. The van der Waals surface area contributed by atoms with Gasteiger partial charge in [-0.2, -0.15) is 0 Å². The molecule has 0 spiro atoms. The van der Waals surface area contributed by atoms with Crippen LogP contribution in [0.1, 0.15) is 18.2 Å². The molecule has 0 unspecified atom stereocenters. The number of rotatable bonds is 9. The predicted octanol–water partition coefficient (Wildman–Crippen LogP) is 1.55. The summed E-state index contributed by atoms with van der Waals surface area (Å²) in [5.74, 6) is 0.729. The standard InChI is InChI=1S/C12H18O5/c1-10(13)7-12-11(3-4-17-12)8-16-9-15-6-5-14-2/h3-4H,5-9H2,1-2H3. The Morgan fingerprint density at radius 2 is 2.18 bits per heavy atom. The number of carbonyl (C=O) groups excluding carboxylic acids is 1. The number of Topliss-reactive ketones (excluding diaryl/α,β-unsaturated/α-hetero) is 1. The van der Waals surface area contributed by atoms with E-state index in [9.17, 15) is 4.79 Å². The van der Waals surface area contributed by atoms with Crippen molar-refractivity contribution >= 4 is 5.78 Å². The van der Waals surface area contributed by atoms with Crippen molar-refractivity contribution in [3.63, 3.8) is 0 Å². The molecule has 1 aromatic heterocycles. The fraction of sp³-hybridized carbons (Fsp3) is 0.583. The van der Waals surface area contributed by atoms with Crippen molar-refractivity contribution in [3.05, 3.63) is 23.7 Å². The van der Waals surface area contributed by atoms with Gasteiger partial charge in [-0.15, -0.1) is 0 Å². The molecule has 0 radical (unpaired) electrons. The molecule has 1 rings (SSSR count). The number of carbonyl (C=O) groups is 1. The third-order valence-corrected chi connectivity index (χ3v) is 2.10. The molecular weight excluding hydrogens is 224 g/mol. The van der Waals surface area contributed by atoms with Crippen molar-refractivity contribution in [1.82, 2.24) is 0 Å². The van der Waals surface area contributed by atoms with E-state index in [4.69, 9.17) is 18.6 Å². The van der Waals surface area contributed by atoms with Crippen LogP contribution in [-0.4, -0.2) is 32.9 Å². The van der Waals surface area contributed by atoms with E-state index >= 15 is 0 Å². The first-order chi connectivity index (χ1) is 8.24. The highest BCUT2D eigenvalue weighted by molar-refractivity contribution is 5.77. The fourth-order valence-corrected chi connectivity index (χ4v) is 1.29. The quantitative estimate of drug-likeness (QED) is 0.485. The molecule has 0 saturated carbocycles. The Morgan fingerprint density at radius 3 is 2.88 bits per heavy atom. The number of hydrogen-bond donors (Lipinski definition) is 0. The van der Waals surface area contributed by atoms with E-state index in [-0.39, 0.29) is 12.6 Å². The molecule has 0 N–H and O–H groups in total. The van der Waals surface area contributed by atoms with Crippen LogP contribution in [0.5, 0.6) is 0 Å². The topological polar surface area (TPSA) is 57.9 Å². The molecule has 17 heavy (non-hydrogen) atoms. The molecule has 0 fully saturated rings. The Kier molecular flexibility index (Phi) is 6.54. The van der Waals surface area contributed by atoms with Gasteiger partial charge in [0.05, 0.1) is 32.5 Å². The summed E-state index contributed by atoms with van der Waals surface area (Å²) in [6.45, 7) is 3.16. The molecule has 0 bridgehead atoms. The van der Waals surface area contributed by atoms with E-state index in [1.54, 1.807) is 19.4 Å². The van der Waals surface area contributed by atoms with Crippen molar-refractivity contribution in [1.29, 1.82) is 0 Å². The van der Waals surface area contributed by atoms with E-state index in [1.807, 2.05) is 0 Å². The largest absolute Gasteiger partial charge is 0.469 e. The van der Waals surface area contributed by atoms with Crippen LogP contribution in [0, 0.1) is 0 Å². The summed E-state index contributed by atoms with van der Waals surface area (Å²) in [6, 6.07) is 1.80. The molecule has 0 aliphatic rings. The summed E-state index contributed by atoms with van der Waals surface area (Å²) in [5.41, 5.74) is 0.885. The van der Waals surface area contributed by atoms with Crippen LogP contribution >= 0.6 is 0 Å². The first-order valence-corrected chi connectivity index (χ1v) is 5.43. The summed E-state index contributed by atoms with van der Waals surface area (Å²) in [4.78, 5) is 11.0. The van der Waals surface area contributed by atoms with Gasteiger partial charge >= 0.3 is 0 Å². The van der Waals surface area contributed by atoms with Crippen LogP contribution in [0.25, 0.3) is 0 Å². The van der Waals surface area contributed by atoms with E-state index < -0.39 is 0 Å². The lowest BCUT2D eigenvalue weighted by Gasteiger charge is -2.05. The lowest BCUT2D eigenvalue weighted by molar-refractivity contribution is -0.116. The van der Waals surface area contributed by atoms with Crippen LogP contribution in [-0.2, 0) is 32.0 Å². The van der Waals surface area contributed by atoms with Crippen LogP contribution < -0.4 is 0 Å². The van der Waals surface area contributed by atoms with Crippen molar-refractivity contribution in [2.24, 2.45) is 0 Å². The highest BCUT2D eigenvalue weighted by Crippen LogP contribution is 2.12. The van der Waals surface area contributed by atoms with Crippen molar-refractivity contribution in [2.45, 2.75) is 20.0 Å². The second-order valence-electron chi connectivity index (χ2n) is 3.62. The summed E-state index contributed by atoms with van der Waals surface area (Å²) in [6.07, 6.45) is 1.86. The van der Waals surface area contributed by atoms with Crippen LogP contribution in [0.4, 0.5) is 0 Å². The smallest absolute Gasteiger partial charge is 0.147 e. The van der Waals surface area contributed by atoms with E-state index in [0.29, 0.717) is 32.0 Å². The maximum absolute atomic E-state index is 11.0. The molecule has 1 heterocycles. The highest BCUT2D eigenvalue weighted by Gasteiger charge is 2.08. The molecule has 5 nitrogen and oxygen atoms in total. The van der Waals surface area contributed by atoms with Gasteiger partial charge in [0.1, 0.15) is 18.3 Å². The maximum atomic E-state index is 11.0. The predicted molar refractivity (Wildman–Crippen MR) is 60.6 cm³/mol. The van der Waals surface area contributed by atoms with Gasteiger partial charge in [0, 0.05) is 12.7 Å². The minimum atomic E-state index is 0.0672. The van der Waals surface area contributed by atoms with Gasteiger partial charge in [-0.05, 0) is 13.0 Å². The summed E-state index contributed by atoms with van der Waals surface area (Å²) >= 11 is 0. The third kappa shape index (κ3) is 5.63. The number of ether oxygens (including phenoxy) is 3. The van der Waals surface area contributed by atoms with Crippen LogP contribution in [0.15, 0.2) is 16.7 Å². The summed E-state index contributed by atoms with van der Waals surface area (Å²) in [5, 5.41) is 0. The van der Waals surface area contributed by atoms with Gasteiger partial charge < -0.3 is 18.6 Å². The third-order valence-electron chi connectivity index (χ3n) is 2.10. The molecule has 0 aliphatic heterocycles. The average molecular weight is 242 g/mol. The lowest BCUT2D eigenvalue weighted by atomic mass is 10.2. The second-order valence-corrected chi connectivity index (χ2v) is 3.62. The van der Waals surface area contributed by atoms with E-state index in [1.165, 1.54) is 6.92 Å². The number of hydrogen-bond acceptors (Lipinski definition) is 5. The molecule has 0 aromatic carbocycles. The Labute approximate surface area is 101 Å². The molecule has 0 atom stereocenters. The van der Waals surface area contributed by atoms with Crippen LogP contribution in [0.2, 0.25) is 0 Å². The van der Waals surface area contributed by atoms with Gasteiger partial charge in [0.2, 0.25) is 0 Å². The molecule has 5 heteroatoms. The van der Waals surface area contributed by atoms with E-state index in [0.717, 1.165) is 5.56 Å². The first kappa shape index (κ1) is 13.9. The number of furan rings is 1. The SMILES string of the molecule is COCCOCOCc1ccoc1CC(C)=O. The second kappa shape index (κ2) is 8.00. The Hall–Kier alpha value is -1.17. The van der Waals surface area contributed by atoms with Gasteiger partial charge in [-0.25, -0.2) is 0 Å². The Balaban J connectivity index is 2.22. The van der Waals surface area contributed by atoms with Crippen molar-refractivity contribution in [3.8, 4) is 0 Å². The van der Waals surface area contributed by atoms with Crippen LogP contribution in [0.3, 0.4) is 0 Å². The average Bonchev–Trinajstić information content (AvgIpc) is 2.70. The van der Waals surface area contributed by atoms with E-state index in [2.05, 4.69) is 0 Å². The zero-order chi connectivity index (χ0) is 12.5. The zero-order valence-electron chi connectivity index (χ0n) is 10.2. The molecule has 96 valence electrons. The first-order valence-electron chi connectivity index (χ1n) is 5.43. The van der Waals surface area contributed by atoms with Gasteiger partial charge in [-0.3, -0.25) is 4.79 Å². The van der Waals surface area contributed by atoms with Gasteiger partial charge in [0.15, 0.2) is 0 Å². The molecule has 0 aliphatic carbocycles. The number of ketones is 1. The zero-order valence-corrected chi connectivity index (χ0v) is 10.2.